The summed E-state index contributed by atoms with van der Waals surface area (Å²) in [6, 6.07) is 7.22. The van der Waals surface area contributed by atoms with Crippen molar-refractivity contribution in [3.05, 3.63) is 44.7 Å². The van der Waals surface area contributed by atoms with Gasteiger partial charge >= 0.3 is 5.97 Å². The molecule has 1 aromatic carbocycles. The molecule has 0 unspecified atom stereocenters. The van der Waals surface area contributed by atoms with Crippen LogP contribution in [0.3, 0.4) is 0 Å². The fraction of sp³-hybridized carbons (Fsp3) is 0.0833. The number of thiophene rings is 1. The van der Waals surface area contributed by atoms with Crippen LogP contribution >= 0.6 is 38.9 Å². The van der Waals surface area contributed by atoms with Crippen LogP contribution in [-0.4, -0.2) is 26.5 Å². The first kappa shape index (κ1) is 16.3. The minimum absolute atomic E-state index is 0.0297. The lowest BCUT2D eigenvalue weighted by atomic mass is 10.2. The number of para-hydroxylation sites is 1. The van der Waals surface area contributed by atoms with Crippen molar-refractivity contribution >= 4 is 60.5 Å². The molecule has 112 valence electrons. The van der Waals surface area contributed by atoms with Crippen LogP contribution in [0.25, 0.3) is 0 Å². The van der Waals surface area contributed by atoms with E-state index in [1.165, 1.54) is 31.3 Å². The van der Waals surface area contributed by atoms with E-state index in [1.54, 1.807) is 6.07 Å². The predicted octanol–water partition coefficient (Wildman–Crippen LogP) is 3.69. The predicted molar refractivity (Wildman–Crippen MR) is 86.0 cm³/mol. The number of anilines is 1. The smallest absolute Gasteiger partial charge is 0.337 e. The Labute approximate surface area is 139 Å². The summed E-state index contributed by atoms with van der Waals surface area (Å²) < 4.78 is 26.5. The Morgan fingerprint density at radius 3 is 2.52 bits per heavy atom. The highest BCUT2D eigenvalue weighted by Crippen LogP contribution is 2.37. The van der Waals surface area contributed by atoms with Crippen LogP contribution in [0, 0.1) is 0 Å². The van der Waals surface area contributed by atoms with Crippen molar-refractivity contribution in [1.82, 2.24) is 0 Å². The maximum atomic E-state index is 12.5. The largest absolute Gasteiger partial charge is 0.478 e. The van der Waals surface area contributed by atoms with Gasteiger partial charge in [-0.2, -0.15) is 0 Å². The Hall–Kier alpha value is -1.09. The molecule has 1 heterocycles. The van der Waals surface area contributed by atoms with Crippen LogP contribution in [0.5, 0.6) is 0 Å². The lowest BCUT2D eigenvalue weighted by molar-refractivity contribution is 0.0698. The van der Waals surface area contributed by atoms with E-state index in [0.29, 0.717) is 8.81 Å². The van der Waals surface area contributed by atoms with E-state index >= 15 is 0 Å². The summed E-state index contributed by atoms with van der Waals surface area (Å²) in [4.78, 5) is 11.2. The second-order valence-electron chi connectivity index (χ2n) is 3.98. The summed E-state index contributed by atoms with van der Waals surface area (Å²) in [6.07, 6.45) is 0. The van der Waals surface area contributed by atoms with Gasteiger partial charge in [0.25, 0.3) is 10.0 Å². The second-order valence-corrected chi connectivity index (χ2v) is 8.96. The molecule has 0 saturated heterocycles. The topological polar surface area (TPSA) is 74.7 Å². The Balaban J connectivity index is 2.53. The van der Waals surface area contributed by atoms with Crippen molar-refractivity contribution in [2.75, 3.05) is 11.4 Å². The number of carboxylic acids is 1. The molecule has 2 aromatic rings. The monoisotopic (exact) mass is 409 g/mol. The highest BCUT2D eigenvalue weighted by Gasteiger charge is 2.27. The first-order chi connectivity index (χ1) is 9.75. The third-order valence-electron chi connectivity index (χ3n) is 2.71. The van der Waals surface area contributed by atoms with Crippen molar-refractivity contribution in [1.29, 1.82) is 0 Å². The van der Waals surface area contributed by atoms with Crippen molar-refractivity contribution in [3.63, 3.8) is 0 Å². The van der Waals surface area contributed by atoms with Crippen molar-refractivity contribution in [2.24, 2.45) is 0 Å². The quantitative estimate of drug-likeness (QED) is 0.834. The Morgan fingerprint density at radius 1 is 1.38 bits per heavy atom. The molecule has 0 spiro atoms. The van der Waals surface area contributed by atoms with Gasteiger partial charge in [0.15, 0.2) is 0 Å². The summed E-state index contributed by atoms with van der Waals surface area (Å²) in [5.74, 6) is -1.20. The number of aromatic carboxylic acids is 1. The van der Waals surface area contributed by atoms with Gasteiger partial charge in [0.1, 0.15) is 4.21 Å². The minimum atomic E-state index is -3.88. The normalized spacial score (nSPS) is 11.4. The first-order valence-corrected chi connectivity index (χ1v) is 8.94. The van der Waals surface area contributed by atoms with Gasteiger partial charge in [-0.25, -0.2) is 13.2 Å². The average molecular weight is 411 g/mol. The molecule has 0 saturated carbocycles. The highest BCUT2D eigenvalue weighted by atomic mass is 79.9. The lowest BCUT2D eigenvalue weighted by Gasteiger charge is -2.20. The number of sulfonamides is 1. The molecule has 0 bridgehead atoms. The fourth-order valence-corrected chi connectivity index (χ4v) is 5.43. The molecule has 2 rings (SSSR count). The zero-order valence-electron chi connectivity index (χ0n) is 10.6. The molecule has 0 aliphatic heterocycles. The average Bonchev–Trinajstić information content (AvgIpc) is 2.78. The second kappa shape index (κ2) is 5.96. The summed E-state index contributed by atoms with van der Waals surface area (Å²) in [6.45, 7) is 0. The van der Waals surface area contributed by atoms with E-state index in [2.05, 4.69) is 15.9 Å². The Bertz CT molecular complexity index is 784. The number of rotatable bonds is 4. The van der Waals surface area contributed by atoms with Gasteiger partial charge in [-0.3, -0.25) is 4.31 Å². The molecular weight excluding hydrogens is 402 g/mol. The zero-order chi connectivity index (χ0) is 15.8. The number of carboxylic acid groups (broad SMARTS) is 1. The Kier molecular flexibility index (Phi) is 4.62. The molecule has 0 aliphatic carbocycles. The number of hydrogen-bond donors (Lipinski definition) is 1. The van der Waals surface area contributed by atoms with Gasteiger partial charge in [0, 0.05) is 7.05 Å². The van der Waals surface area contributed by atoms with Crippen molar-refractivity contribution < 1.29 is 18.3 Å². The van der Waals surface area contributed by atoms with Crippen LogP contribution in [0.4, 0.5) is 5.69 Å². The fourth-order valence-electron chi connectivity index (χ4n) is 1.65. The molecule has 9 heteroatoms. The van der Waals surface area contributed by atoms with Gasteiger partial charge in [0.05, 0.1) is 20.1 Å². The molecule has 5 nitrogen and oxygen atoms in total. The zero-order valence-corrected chi connectivity index (χ0v) is 14.6. The van der Waals surface area contributed by atoms with Crippen molar-refractivity contribution in [3.8, 4) is 0 Å². The van der Waals surface area contributed by atoms with E-state index in [0.717, 1.165) is 15.6 Å². The molecule has 0 radical (unpaired) electrons. The number of halogens is 2. The maximum Gasteiger partial charge on any atom is 0.337 e. The first-order valence-electron chi connectivity index (χ1n) is 5.51. The van der Waals surface area contributed by atoms with Gasteiger partial charge in [-0.15, -0.1) is 11.3 Å². The summed E-state index contributed by atoms with van der Waals surface area (Å²) in [5, 5.41) is 9.44. The summed E-state index contributed by atoms with van der Waals surface area (Å²) in [5.41, 5.74) is -0.00376. The lowest BCUT2D eigenvalue weighted by Crippen LogP contribution is -2.27. The van der Waals surface area contributed by atoms with Crippen LogP contribution in [0.1, 0.15) is 10.4 Å². The van der Waals surface area contributed by atoms with Crippen LogP contribution < -0.4 is 4.31 Å². The van der Waals surface area contributed by atoms with E-state index < -0.39 is 16.0 Å². The highest BCUT2D eigenvalue weighted by molar-refractivity contribution is 9.11. The molecule has 0 aliphatic rings. The van der Waals surface area contributed by atoms with Crippen LogP contribution in [-0.2, 0) is 10.0 Å². The standard InChI is InChI=1S/C12H9BrClNO4S2/c1-15(9-5-3-2-4-7(9)12(16)17)21(18,19)10-6-8(14)11(13)20-10/h2-6H,1H3,(H,16,17). The van der Waals surface area contributed by atoms with Crippen LogP contribution in [0.15, 0.2) is 38.3 Å². The number of benzene rings is 1. The molecule has 0 atom stereocenters. The molecule has 21 heavy (non-hydrogen) atoms. The molecule has 0 amide bonds. The Morgan fingerprint density at radius 2 is 2.00 bits per heavy atom. The SMILES string of the molecule is CN(c1ccccc1C(=O)O)S(=O)(=O)c1cc(Cl)c(Br)s1. The van der Waals surface area contributed by atoms with Gasteiger partial charge in [-0.1, -0.05) is 23.7 Å². The van der Waals surface area contributed by atoms with E-state index in [1.807, 2.05) is 0 Å². The molecule has 0 fully saturated rings. The number of hydrogen-bond acceptors (Lipinski definition) is 4. The number of carbonyl (C=O) groups is 1. The minimum Gasteiger partial charge on any atom is -0.478 e. The van der Waals surface area contributed by atoms with Crippen molar-refractivity contribution in [2.45, 2.75) is 4.21 Å². The van der Waals surface area contributed by atoms with E-state index in [9.17, 15) is 13.2 Å². The summed E-state index contributed by atoms with van der Waals surface area (Å²) in [7, 11) is -2.57. The van der Waals surface area contributed by atoms with E-state index in [-0.39, 0.29) is 15.5 Å². The molecular formula is C12H9BrClNO4S2. The molecule has 1 aromatic heterocycles. The molecule has 1 N–H and O–H groups in total. The van der Waals surface area contributed by atoms with Gasteiger partial charge in [-0.05, 0) is 34.1 Å². The maximum absolute atomic E-state index is 12.5. The third kappa shape index (κ3) is 3.08. The van der Waals surface area contributed by atoms with Crippen LogP contribution in [0.2, 0.25) is 5.02 Å². The van der Waals surface area contributed by atoms with E-state index in [4.69, 9.17) is 16.7 Å². The number of nitrogens with zero attached hydrogens (tertiary/aromatic N) is 1. The van der Waals surface area contributed by atoms with Gasteiger partial charge in [0.2, 0.25) is 0 Å². The van der Waals surface area contributed by atoms with Gasteiger partial charge < -0.3 is 5.11 Å². The summed E-state index contributed by atoms with van der Waals surface area (Å²) >= 11 is 9.98. The third-order valence-corrected chi connectivity index (χ3v) is 7.41.